The number of piperazine rings is 1. The van der Waals surface area contributed by atoms with E-state index >= 15 is 0 Å². The van der Waals surface area contributed by atoms with Crippen molar-refractivity contribution in [3.63, 3.8) is 0 Å². The van der Waals surface area contributed by atoms with Crippen molar-refractivity contribution in [3.05, 3.63) is 59.4 Å². The zero-order valence-electron chi connectivity index (χ0n) is 16.6. The van der Waals surface area contributed by atoms with Crippen LogP contribution in [0.2, 0.25) is 0 Å². The SMILES string of the molecule is COc1ccc(F)cc1CN1CCN(C(=O)[C@@H](C)Oc2ccc(C#N)cc2)CC1. The summed E-state index contributed by atoms with van der Waals surface area (Å²) >= 11 is 0. The van der Waals surface area contributed by atoms with Gasteiger partial charge in [-0.3, -0.25) is 9.69 Å². The van der Waals surface area contributed by atoms with Gasteiger partial charge in [-0.1, -0.05) is 0 Å². The van der Waals surface area contributed by atoms with E-state index in [0.717, 1.165) is 5.56 Å². The van der Waals surface area contributed by atoms with Crippen molar-refractivity contribution in [2.45, 2.75) is 19.6 Å². The first kappa shape index (κ1) is 20.6. The fourth-order valence-electron chi connectivity index (χ4n) is 3.36. The fourth-order valence-corrected chi connectivity index (χ4v) is 3.36. The second-order valence-corrected chi connectivity index (χ2v) is 6.95. The monoisotopic (exact) mass is 397 g/mol. The Balaban J connectivity index is 1.52. The van der Waals surface area contributed by atoms with E-state index in [1.54, 1.807) is 49.3 Å². The smallest absolute Gasteiger partial charge is 0.263 e. The summed E-state index contributed by atoms with van der Waals surface area (Å²) in [6.07, 6.45) is -0.613. The van der Waals surface area contributed by atoms with Gasteiger partial charge in [0, 0.05) is 38.3 Å². The molecule has 0 radical (unpaired) electrons. The van der Waals surface area contributed by atoms with Gasteiger partial charge in [0.2, 0.25) is 0 Å². The quantitative estimate of drug-likeness (QED) is 0.750. The van der Waals surface area contributed by atoms with Gasteiger partial charge >= 0.3 is 0 Å². The molecule has 6 nitrogen and oxygen atoms in total. The lowest BCUT2D eigenvalue weighted by atomic mass is 10.1. The van der Waals surface area contributed by atoms with Gasteiger partial charge in [-0.2, -0.15) is 5.26 Å². The number of ether oxygens (including phenoxy) is 2. The number of nitriles is 1. The van der Waals surface area contributed by atoms with Crippen LogP contribution >= 0.6 is 0 Å². The third kappa shape index (κ3) is 5.24. The van der Waals surface area contributed by atoms with Crippen molar-refractivity contribution in [1.29, 1.82) is 5.26 Å². The molecule has 1 fully saturated rings. The minimum Gasteiger partial charge on any atom is -0.496 e. The second-order valence-electron chi connectivity index (χ2n) is 6.95. The van der Waals surface area contributed by atoms with E-state index < -0.39 is 6.10 Å². The molecule has 1 aliphatic rings. The number of nitrogens with zero attached hydrogens (tertiary/aromatic N) is 3. The Morgan fingerprint density at radius 3 is 2.48 bits per heavy atom. The van der Waals surface area contributed by atoms with Gasteiger partial charge in [0.15, 0.2) is 6.10 Å². The first-order valence-corrected chi connectivity index (χ1v) is 9.50. The molecule has 2 aromatic carbocycles. The predicted octanol–water partition coefficient (Wildman–Crippen LogP) is 2.82. The highest BCUT2D eigenvalue weighted by Gasteiger charge is 2.26. The average Bonchev–Trinajstić information content (AvgIpc) is 2.74. The number of hydrogen-bond donors (Lipinski definition) is 0. The molecule has 29 heavy (non-hydrogen) atoms. The minimum absolute atomic E-state index is 0.0719. The van der Waals surface area contributed by atoms with Gasteiger partial charge in [0.05, 0.1) is 18.7 Å². The lowest BCUT2D eigenvalue weighted by Gasteiger charge is -2.36. The summed E-state index contributed by atoms with van der Waals surface area (Å²) in [7, 11) is 1.57. The molecule has 3 rings (SSSR count). The number of carbonyl (C=O) groups excluding carboxylic acids is 1. The number of rotatable bonds is 6. The molecule has 0 N–H and O–H groups in total. The molecule has 0 aromatic heterocycles. The van der Waals surface area contributed by atoms with E-state index in [0.29, 0.717) is 49.8 Å². The Morgan fingerprint density at radius 2 is 1.86 bits per heavy atom. The Hall–Kier alpha value is -3.11. The van der Waals surface area contributed by atoms with Crippen molar-refractivity contribution >= 4 is 5.91 Å². The summed E-state index contributed by atoms with van der Waals surface area (Å²) < 4.78 is 24.6. The zero-order valence-corrected chi connectivity index (χ0v) is 16.6. The first-order valence-electron chi connectivity index (χ1n) is 9.50. The van der Waals surface area contributed by atoms with E-state index in [2.05, 4.69) is 4.90 Å². The van der Waals surface area contributed by atoms with Gasteiger partial charge in [0.1, 0.15) is 17.3 Å². The minimum atomic E-state index is -0.613. The predicted molar refractivity (Wildman–Crippen MR) is 106 cm³/mol. The van der Waals surface area contributed by atoms with Crippen molar-refractivity contribution in [3.8, 4) is 17.6 Å². The average molecular weight is 397 g/mol. The lowest BCUT2D eigenvalue weighted by molar-refractivity contribution is -0.139. The first-order chi connectivity index (χ1) is 14.0. The van der Waals surface area contributed by atoms with E-state index in [1.165, 1.54) is 12.1 Å². The lowest BCUT2D eigenvalue weighted by Crippen LogP contribution is -2.51. The third-order valence-corrected chi connectivity index (χ3v) is 4.96. The molecule has 1 aliphatic heterocycles. The Bertz CT molecular complexity index is 887. The van der Waals surface area contributed by atoms with Crippen molar-refractivity contribution in [2.24, 2.45) is 0 Å². The van der Waals surface area contributed by atoms with Crippen molar-refractivity contribution < 1.29 is 18.7 Å². The Labute approximate surface area is 170 Å². The number of amides is 1. The van der Waals surface area contributed by atoms with Crippen LogP contribution in [0.1, 0.15) is 18.1 Å². The van der Waals surface area contributed by atoms with Crippen LogP contribution in [0.3, 0.4) is 0 Å². The molecule has 0 unspecified atom stereocenters. The van der Waals surface area contributed by atoms with Gasteiger partial charge in [-0.25, -0.2) is 4.39 Å². The summed E-state index contributed by atoms with van der Waals surface area (Å²) in [4.78, 5) is 16.7. The summed E-state index contributed by atoms with van der Waals surface area (Å²) in [5.74, 6) is 0.858. The Kier molecular flexibility index (Phi) is 6.68. The van der Waals surface area contributed by atoms with E-state index in [1.807, 2.05) is 6.07 Å². The number of carbonyl (C=O) groups is 1. The highest BCUT2D eigenvalue weighted by molar-refractivity contribution is 5.81. The standard InChI is InChI=1S/C22H24FN3O3/c1-16(29-20-6-3-17(14-24)4-7-20)22(27)26-11-9-25(10-12-26)15-18-13-19(23)5-8-21(18)28-2/h3-8,13,16H,9-12,15H2,1-2H3/t16-/m1/s1. The summed E-state index contributed by atoms with van der Waals surface area (Å²) in [6.45, 7) is 4.84. The van der Waals surface area contributed by atoms with Crippen LogP contribution < -0.4 is 9.47 Å². The molecule has 2 aromatic rings. The zero-order chi connectivity index (χ0) is 20.8. The molecule has 0 saturated carbocycles. The van der Waals surface area contributed by atoms with Crippen LogP contribution in [-0.2, 0) is 11.3 Å². The second kappa shape index (κ2) is 9.39. The summed E-state index contributed by atoms with van der Waals surface area (Å²) in [5.41, 5.74) is 1.34. The molecule has 1 amide bonds. The van der Waals surface area contributed by atoms with Gasteiger partial charge in [-0.05, 0) is 49.4 Å². The number of hydrogen-bond acceptors (Lipinski definition) is 5. The fraction of sp³-hybridized carbons (Fsp3) is 0.364. The van der Waals surface area contributed by atoms with Crippen molar-refractivity contribution in [1.82, 2.24) is 9.80 Å². The maximum absolute atomic E-state index is 13.6. The summed E-state index contributed by atoms with van der Waals surface area (Å²) in [6, 6.07) is 13.2. The third-order valence-electron chi connectivity index (χ3n) is 4.96. The molecule has 1 saturated heterocycles. The maximum atomic E-state index is 13.6. The van der Waals surface area contributed by atoms with E-state index in [4.69, 9.17) is 14.7 Å². The van der Waals surface area contributed by atoms with E-state index in [9.17, 15) is 9.18 Å². The molecule has 0 spiro atoms. The summed E-state index contributed by atoms with van der Waals surface area (Å²) in [5, 5.41) is 8.84. The molecule has 152 valence electrons. The van der Waals surface area contributed by atoms with Gasteiger partial charge in [0.25, 0.3) is 5.91 Å². The molecule has 0 aliphatic carbocycles. The van der Waals surface area contributed by atoms with Crippen LogP contribution in [0, 0.1) is 17.1 Å². The molecule has 1 atom stereocenters. The van der Waals surface area contributed by atoms with Crippen LogP contribution in [0.5, 0.6) is 11.5 Å². The highest BCUT2D eigenvalue weighted by Crippen LogP contribution is 2.22. The topological polar surface area (TPSA) is 65.8 Å². The maximum Gasteiger partial charge on any atom is 0.263 e. The normalized spacial score (nSPS) is 15.4. The van der Waals surface area contributed by atoms with Crippen LogP contribution in [0.15, 0.2) is 42.5 Å². The van der Waals surface area contributed by atoms with Gasteiger partial charge < -0.3 is 14.4 Å². The molecule has 1 heterocycles. The van der Waals surface area contributed by atoms with Crippen molar-refractivity contribution in [2.75, 3.05) is 33.3 Å². The van der Waals surface area contributed by atoms with Crippen LogP contribution in [0.25, 0.3) is 0 Å². The molecule has 7 heteroatoms. The largest absolute Gasteiger partial charge is 0.496 e. The van der Waals surface area contributed by atoms with Crippen LogP contribution in [0.4, 0.5) is 4.39 Å². The van der Waals surface area contributed by atoms with Gasteiger partial charge in [-0.15, -0.1) is 0 Å². The number of benzene rings is 2. The number of halogens is 1. The molecular formula is C22H24FN3O3. The number of methoxy groups -OCH3 is 1. The molecule has 0 bridgehead atoms. The Morgan fingerprint density at radius 1 is 1.17 bits per heavy atom. The highest BCUT2D eigenvalue weighted by atomic mass is 19.1. The van der Waals surface area contributed by atoms with Crippen LogP contribution in [-0.4, -0.2) is 55.1 Å². The molecular weight excluding hydrogens is 373 g/mol. The van der Waals surface area contributed by atoms with E-state index in [-0.39, 0.29) is 11.7 Å².